The number of piperidine rings is 1. The fourth-order valence-electron chi connectivity index (χ4n) is 2.85. The average molecular weight is 267 g/mol. The summed E-state index contributed by atoms with van der Waals surface area (Å²) >= 11 is 0. The third-order valence-electron chi connectivity index (χ3n) is 3.99. The van der Waals surface area contributed by atoms with Gasteiger partial charge in [0.2, 0.25) is 0 Å². The van der Waals surface area contributed by atoms with Crippen LogP contribution in [0.2, 0.25) is 0 Å². The molecule has 1 atom stereocenters. The van der Waals surface area contributed by atoms with Crippen LogP contribution in [-0.2, 0) is 6.42 Å². The molecule has 0 radical (unpaired) electrons. The van der Waals surface area contributed by atoms with Crippen LogP contribution in [0.1, 0.15) is 37.6 Å². The standard InChI is InChI=1S/C17H21N3/c1-14-7-5-6-12-20(14)17-10-11-18-16(19-17)13-15-8-3-2-4-9-15/h2-4,8-11,14H,5-7,12-13H2,1H3. The molecule has 0 bridgehead atoms. The predicted molar refractivity (Wildman–Crippen MR) is 81.9 cm³/mol. The van der Waals surface area contributed by atoms with E-state index in [9.17, 15) is 0 Å². The first-order valence-corrected chi connectivity index (χ1v) is 7.45. The molecule has 0 amide bonds. The Morgan fingerprint density at radius 2 is 2.00 bits per heavy atom. The lowest BCUT2D eigenvalue weighted by Crippen LogP contribution is -2.38. The quantitative estimate of drug-likeness (QED) is 0.853. The predicted octanol–water partition coefficient (Wildman–Crippen LogP) is 3.45. The smallest absolute Gasteiger partial charge is 0.135 e. The Balaban J connectivity index is 1.79. The van der Waals surface area contributed by atoms with Crippen molar-refractivity contribution in [2.24, 2.45) is 0 Å². The Morgan fingerprint density at radius 3 is 2.80 bits per heavy atom. The summed E-state index contributed by atoms with van der Waals surface area (Å²) in [5.41, 5.74) is 1.26. The van der Waals surface area contributed by atoms with Crippen molar-refractivity contribution in [2.75, 3.05) is 11.4 Å². The number of hydrogen-bond acceptors (Lipinski definition) is 3. The topological polar surface area (TPSA) is 29.0 Å². The molecule has 1 aromatic heterocycles. The highest BCUT2D eigenvalue weighted by Crippen LogP contribution is 2.22. The number of aromatic nitrogens is 2. The molecule has 1 unspecified atom stereocenters. The van der Waals surface area contributed by atoms with E-state index < -0.39 is 0 Å². The van der Waals surface area contributed by atoms with E-state index in [-0.39, 0.29) is 0 Å². The first kappa shape index (κ1) is 13.1. The Bertz CT molecular complexity index is 553. The molecule has 0 spiro atoms. The van der Waals surface area contributed by atoms with Crippen molar-refractivity contribution in [1.82, 2.24) is 9.97 Å². The molecule has 1 aromatic carbocycles. The highest BCUT2D eigenvalue weighted by Gasteiger charge is 2.19. The molecule has 0 saturated carbocycles. The normalized spacial score (nSPS) is 19.1. The van der Waals surface area contributed by atoms with Crippen molar-refractivity contribution in [3.05, 3.63) is 54.0 Å². The van der Waals surface area contributed by atoms with Crippen LogP contribution >= 0.6 is 0 Å². The van der Waals surface area contributed by atoms with Gasteiger partial charge < -0.3 is 4.90 Å². The molecule has 1 saturated heterocycles. The first-order chi connectivity index (χ1) is 9.83. The Morgan fingerprint density at radius 1 is 1.15 bits per heavy atom. The van der Waals surface area contributed by atoms with Gasteiger partial charge in [0, 0.05) is 25.2 Å². The maximum atomic E-state index is 4.76. The van der Waals surface area contributed by atoms with Crippen molar-refractivity contribution < 1.29 is 0 Å². The summed E-state index contributed by atoms with van der Waals surface area (Å²) in [5, 5.41) is 0. The summed E-state index contributed by atoms with van der Waals surface area (Å²) in [6.45, 7) is 3.40. The van der Waals surface area contributed by atoms with Gasteiger partial charge in [-0.15, -0.1) is 0 Å². The molecular formula is C17H21N3. The molecule has 104 valence electrons. The van der Waals surface area contributed by atoms with Gasteiger partial charge in [0.15, 0.2) is 0 Å². The second-order valence-electron chi connectivity index (χ2n) is 5.53. The van der Waals surface area contributed by atoms with Crippen molar-refractivity contribution in [2.45, 2.75) is 38.6 Å². The van der Waals surface area contributed by atoms with Gasteiger partial charge in [-0.1, -0.05) is 30.3 Å². The summed E-state index contributed by atoms with van der Waals surface area (Å²) in [6.07, 6.45) is 6.55. The van der Waals surface area contributed by atoms with Crippen molar-refractivity contribution in [1.29, 1.82) is 0 Å². The van der Waals surface area contributed by atoms with Crippen LogP contribution in [-0.4, -0.2) is 22.6 Å². The number of hydrogen-bond donors (Lipinski definition) is 0. The van der Waals surface area contributed by atoms with Crippen LogP contribution in [0.25, 0.3) is 0 Å². The second-order valence-corrected chi connectivity index (χ2v) is 5.53. The van der Waals surface area contributed by atoms with Gasteiger partial charge in [0.1, 0.15) is 11.6 Å². The van der Waals surface area contributed by atoms with Gasteiger partial charge in [0.05, 0.1) is 0 Å². The second kappa shape index (κ2) is 6.04. The van der Waals surface area contributed by atoms with Crippen molar-refractivity contribution in [3.8, 4) is 0 Å². The van der Waals surface area contributed by atoms with E-state index in [4.69, 9.17) is 4.98 Å². The lowest BCUT2D eigenvalue weighted by Gasteiger charge is -2.34. The highest BCUT2D eigenvalue weighted by atomic mass is 15.2. The SMILES string of the molecule is CC1CCCCN1c1ccnc(Cc2ccccc2)n1. The van der Waals surface area contributed by atoms with Crippen LogP contribution in [0.3, 0.4) is 0 Å². The maximum absolute atomic E-state index is 4.76. The molecule has 1 aliphatic rings. The Hall–Kier alpha value is -1.90. The molecule has 2 heterocycles. The average Bonchev–Trinajstić information content (AvgIpc) is 2.49. The van der Waals surface area contributed by atoms with E-state index in [2.05, 4.69) is 41.1 Å². The van der Waals surface area contributed by atoms with E-state index in [1.165, 1.54) is 24.8 Å². The summed E-state index contributed by atoms with van der Waals surface area (Å²) in [6, 6.07) is 13.0. The minimum Gasteiger partial charge on any atom is -0.354 e. The van der Waals surface area contributed by atoms with Gasteiger partial charge in [0.25, 0.3) is 0 Å². The summed E-state index contributed by atoms with van der Waals surface area (Å²) in [7, 11) is 0. The third kappa shape index (κ3) is 2.98. The number of anilines is 1. The van der Waals surface area contributed by atoms with Crippen molar-refractivity contribution in [3.63, 3.8) is 0 Å². The van der Waals surface area contributed by atoms with E-state index >= 15 is 0 Å². The molecule has 1 aliphatic heterocycles. The molecule has 0 N–H and O–H groups in total. The van der Waals surface area contributed by atoms with Gasteiger partial charge in [-0.05, 0) is 37.8 Å². The molecular weight excluding hydrogens is 246 g/mol. The van der Waals surface area contributed by atoms with Gasteiger partial charge in [-0.3, -0.25) is 0 Å². The van der Waals surface area contributed by atoms with E-state index in [1.54, 1.807) is 0 Å². The lowest BCUT2D eigenvalue weighted by atomic mass is 10.0. The Kier molecular flexibility index (Phi) is 3.95. The zero-order chi connectivity index (χ0) is 13.8. The van der Waals surface area contributed by atoms with Gasteiger partial charge >= 0.3 is 0 Å². The Labute approximate surface area is 120 Å². The minimum atomic E-state index is 0.586. The number of rotatable bonds is 3. The molecule has 2 aromatic rings. The first-order valence-electron chi connectivity index (χ1n) is 7.45. The molecule has 3 heteroatoms. The minimum absolute atomic E-state index is 0.586. The van der Waals surface area contributed by atoms with Crippen molar-refractivity contribution >= 4 is 5.82 Å². The molecule has 20 heavy (non-hydrogen) atoms. The summed E-state index contributed by atoms with van der Waals surface area (Å²) in [5.74, 6) is 1.99. The van der Waals surface area contributed by atoms with E-state index in [0.29, 0.717) is 6.04 Å². The van der Waals surface area contributed by atoms with Crippen LogP contribution < -0.4 is 4.90 Å². The third-order valence-corrected chi connectivity index (χ3v) is 3.99. The fourth-order valence-corrected chi connectivity index (χ4v) is 2.85. The monoisotopic (exact) mass is 267 g/mol. The number of nitrogens with zero attached hydrogens (tertiary/aromatic N) is 3. The molecule has 1 fully saturated rings. The van der Waals surface area contributed by atoms with Gasteiger partial charge in [-0.25, -0.2) is 9.97 Å². The van der Waals surface area contributed by atoms with Gasteiger partial charge in [-0.2, -0.15) is 0 Å². The number of benzene rings is 1. The molecule has 0 aliphatic carbocycles. The lowest BCUT2D eigenvalue weighted by molar-refractivity contribution is 0.480. The van der Waals surface area contributed by atoms with Crippen LogP contribution in [0, 0.1) is 0 Å². The summed E-state index contributed by atoms with van der Waals surface area (Å²) < 4.78 is 0. The molecule has 3 nitrogen and oxygen atoms in total. The van der Waals surface area contributed by atoms with E-state index in [1.807, 2.05) is 18.3 Å². The highest BCUT2D eigenvalue weighted by molar-refractivity contribution is 5.39. The zero-order valence-corrected chi connectivity index (χ0v) is 12.0. The largest absolute Gasteiger partial charge is 0.354 e. The molecule has 3 rings (SSSR count). The summed E-state index contributed by atoms with van der Waals surface area (Å²) in [4.78, 5) is 11.6. The van der Waals surface area contributed by atoms with Crippen LogP contribution in [0.4, 0.5) is 5.82 Å². The van der Waals surface area contributed by atoms with Crippen LogP contribution in [0.15, 0.2) is 42.6 Å². The maximum Gasteiger partial charge on any atom is 0.135 e. The fraction of sp³-hybridized carbons (Fsp3) is 0.412. The van der Waals surface area contributed by atoms with E-state index in [0.717, 1.165) is 24.6 Å². The zero-order valence-electron chi connectivity index (χ0n) is 12.0. The van der Waals surface area contributed by atoms with Crippen LogP contribution in [0.5, 0.6) is 0 Å².